The molecule has 0 bridgehead atoms. The van der Waals surface area contributed by atoms with Gasteiger partial charge < -0.3 is 9.47 Å². The van der Waals surface area contributed by atoms with Crippen LogP contribution in [0.3, 0.4) is 0 Å². The third kappa shape index (κ3) is 10.6. The van der Waals surface area contributed by atoms with Crippen LogP contribution in [0.4, 0.5) is 5.69 Å². The van der Waals surface area contributed by atoms with Gasteiger partial charge in [0.1, 0.15) is 5.75 Å². The van der Waals surface area contributed by atoms with Gasteiger partial charge in [0.15, 0.2) is 0 Å². The fourth-order valence-electron chi connectivity index (χ4n) is 2.77. The van der Waals surface area contributed by atoms with Crippen molar-refractivity contribution in [1.29, 1.82) is 0 Å². The summed E-state index contributed by atoms with van der Waals surface area (Å²) in [5.74, 6) is -0.732. The van der Waals surface area contributed by atoms with Gasteiger partial charge in [0.2, 0.25) is 0 Å². The summed E-state index contributed by atoms with van der Waals surface area (Å²) in [4.78, 5) is 33.8. The van der Waals surface area contributed by atoms with Crippen LogP contribution in [0, 0.1) is 10.1 Å². The first kappa shape index (κ1) is 23.6. The van der Waals surface area contributed by atoms with Crippen molar-refractivity contribution in [3.63, 3.8) is 0 Å². The van der Waals surface area contributed by atoms with E-state index in [1.54, 1.807) is 0 Å². The molecule has 0 saturated heterocycles. The van der Waals surface area contributed by atoms with Crippen LogP contribution < -0.4 is 4.74 Å². The Labute approximate surface area is 166 Å². The second-order valence-electron chi connectivity index (χ2n) is 6.94. The number of unbranched alkanes of at least 4 members (excludes halogenated alkanes) is 5. The zero-order chi connectivity index (χ0) is 20.8. The number of esters is 2. The molecule has 0 saturated carbocycles. The Bertz CT molecular complexity index is 631. The minimum absolute atomic E-state index is 0.0452. The SMILES string of the molecule is CCCCCCCCC(C)OC(=O)CCCC(=O)Oc1cccc([N+](=O)[O-])c1. The van der Waals surface area contributed by atoms with Crippen molar-refractivity contribution in [2.75, 3.05) is 0 Å². The van der Waals surface area contributed by atoms with Crippen LogP contribution in [0.5, 0.6) is 5.75 Å². The van der Waals surface area contributed by atoms with Gasteiger partial charge in [0.05, 0.1) is 17.1 Å². The molecule has 0 radical (unpaired) electrons. The van der Waals surface area contributed by atoms with Crippen molar-refractivity contribution in [3.8, 4) is 5.75 Å². The number of rotatable bonds is 14. The molecule has 0 aliphatic heterocycles. The zero-order valence-corrected chi connectivity index (χ0v) is 16.9. The van der Waals surface area contributed by atoms with Gasteiger partial charge in [-0.3, -0.25) is 19.7 Å². The molecule has 0 spiro atoms. The highest BCUT2D eigenvalue weighted by molar-refractivity contribution is 5.74. The molecule has 0 aliphatic rings. The fourth-order valence-corrected chi connectivity index (χ4v) is 2.77. The fraction of sp³-hybridized carbons (Fsp3) is 0.619. The largest absolute Gasteiger partial charge is 0.463 e. The first-order chi connectivity index (χ1) is 13.4. The normalized spacial score (nSPS) is 11.6. The van der Waals surface area contributed by atoms with E-state index in [1.807, 2.05) is 6.92 Å². The number of benzene rings is 1. The second-order valence-corrected chi connectivity index (χ2v) is 6.94. The van der Waals surface area contributed by atoms with Gasteiger partial charge >= 0.3 is 11.9 Å². The molecule has 1 aromatic rings. The van der Waals surface area contributed by atoms with Gasteiger partial charge in [-0.15, -0.1) is 0 Å². The summed E-state index contributed by atoms with van der Waals surface area (Å²) < 4.78 is 10.4. The average Bonchev–Trinajstić information content (AvgIpc) is 2.64. The van der Waals surface area contributed by atoms with Crippen LogP contribution in [0.25, 0.3) is 0 Å². The molecule has 1 rings (SSSR count). The highest BCUT2D eigenvalue weighted by atomic mass is 16.6. The van der Waals surface area contributed by atoms with E-state index >= 15 is 0 Å². The molecule has 0 N–H and O–H groups in total. The Kier molecular flexibility index (Phi) is 11.5. The second kappa shape index (κ2) is 13.7. The van der Waals surface area contributed by atoms with Crippen LogP contribution in [0.15, 0.2) is 24.3 Å². The minimum atomic E-state index is -0.556. The summed E-state index contributed by atoms with van der Waals surface area (Å²) in [6.45, 7) is 4.08. The van der Waals surface area contributed by atoms with Gasteiger partial charge in [-0.1, -0.05) is 45.1 Å². The Morgan fingerprint density at radius 1 is 1.04 bits per heavy atom. The Morgan fingerprint density at radius 2 is 1.71 bits per heavy atom. The molecule has 0 aromatic heterocycles. The zero-order valence-electron chi connectivity index (χ0n) is 16.9. The highest BCUT2D eigenvalue weighted by Crippen LogP contribution is 2.19. The number of carbonyl (C=O) groups excluding carboxylic acids is 2. The summed E-state index contributed by atoms with van der Waals surface area (Å²) in [5, 5.41) is 10.7. The maximum Gasteiger partial charge on any atom is 0.311 e. The first-order valence-electron chi connectivity index (χ1n) is 10.1. The first-order valence-corrected chi connectivity index (χ1v) is 10.1. The molecule has 0 aliphatic carbocycles. The predicted molar refractivity (Wildman–Crippen MR) is 106 cm³/mol. The molecule has 1 aromatic carbocycles. The molecular weight excluding hydrogens is 362 g/mol. The maximum atomic E-state index is 11.8. The topological polar surface area (TPSA) is 95.7 Å². The van der Waals surface area contributed by atoms with E-state index in [9.17, 15) is 19.7 Å². The summed E-state index contributed by atoms with van der Waals surface area (Å²) in [7, 11) is 0. The number of hydrogen-bond donors (Lipinski definition) is 0. The van der Waals surface area contributed by atoms with E-state index in [0.717, 1.165) is 19.3 Å². The number of non-ortho nitro benzene ring substituents is 1. The molecule has 7 heteroatoms. The van der Waals surface area contributed by atoms with Crippen molar-refractivity contribution < 1.29 is 24.0 Å². The summed E-state index contributed by atoms with van der Waals surface area (Å²) in [6.07, 6.45) is 8.44. The lowest BCUT2D eigenvalue weighted by molar-refractivity contribution is -0.384. The maximum absolute atomic E-state index is 11.8. The third-order valence-electron chi connectivity index (χ3n) is 4.32. The monoisotopic (exact) mass is 393 g/mol. The van der Waals surface area contributed by atoms with E-state index in [-0.39, 0.29) is 36.4 Å². The van der Waals surface area contributed by atoms with Crippen LogP contribution in [0.1, 0.15) is 78.1 Å². The van der Waals surface area contributed by atoms with Gasteiger partial charge in [-0.05, 0) is 32.3 Å². The van der Waals surface area contributed by atoms with Crippen molar-refractivity contribution in [2.45, 2.75) is 84.2 Å². The molecule has 0 fully saturated rings. The molecule has 156 valence electrons. The van der Waals surface area contributed by atoms with E-state index in [1.165, 1.54) is 49.9 Å². The van der Waals surface area contributed by atoms with Crippen LogP contribution in [0.2, 0.25) is 0 Å². The van der Waals surface area contributed by atoms with Gasteiger partial charge in [0.25, 0.3) is 5.69 Å². The quantitative estimate of drug-likeness (QED) is 0.139. The summed E-state index contributed by atoms with van der Waals surface area (Å²) in [5.41, 5.74) is -0.145. The van der Waals surface area contributed by atoms with Crippen LogP contribution >= 0.6 is 0 Å². The molecule has 1 atom stereocenters. The molecule has 1 unspecified atom stereocenters. The van der Waals surface area contributed by atoms with Crippen molar-refractivity contribution >= 4 is 17.6 Å². The Hall–Kier alpha value is -2.44. The summed E-state index contributed by atoms with van der Waals surface area (Å²) >= 11 is 0. The van der Waals surface area contributed by atoms with E-state index in [0.29, 0.717) is 6.42 Å². The average molecular weight is 393 g/mol. The van der Waals surface area contributed by atoms with Crippen LogP contribution in [-0.2, 0) is 14.3 Å². The highest BCUT2D eigenvalue weighted by Gasteiger charge is 2.13. The lowest BCUT2D eigenvalue weighted by atomic mass is 10.1. The molecule has 0 heterocycles. The van der Waals surface area contributed by atoms with E-state index in [4.69, 9.17) is 9.47 Å². The number of nitrogens with zero attached hydrogens (tertiary/aromatic N) is 1. The number of carbonyl (C=O) groups is 2. The number of nitro benzene ring substituents is 1. The van der Waals surface area contributed by atoms with Gasteiger partial charge in [-0.25, -0.2) is 0 Å². The number of nitro groups is 1. The van der Waals surface area contributed by atoms with Gasteiger partial charge in [-0.2, -0.15) is 0 Å². The Balaban J connectivity index is 2.17. The van der Waals surface area contributed by atoms with Crippen molar-refractivity contribution in [3.05, 3.63) is 34.4 Å². The standard InChI is InChI=1S/C21H31NO6/c1-3-4-5-6-7-8-11-17(2)27-20(23)14-10-15-21(24)28-19-13-9-12-18(16-19)22(25)26/h9,12-13,16-17H,3-8,10-11,14-15H2,1-2H3. The van der Waals surface area contributed by atoms with Gasteiger partial charge in [0, 0.05) is 18.9 Å². The molecule has 7 nitrogen and oxygen atoms in total. The lowest BCUT2D eigenvalue weighted by Gasteiger charge is -2.13. The van der Waals surface area contributed by atoms with Crippen LogP contribution in [-0.4, -0.2) is 23.0 Å². The molecular formula is C21H31NO6. The van der Waals surface area contributed by atoms with E-state index < -0.39 is 10.9 Å². The lowest BCUT2D eigenvalue weighted by Crippen LogP contribution is -2.15. The smallest absolute Gasteiger partial charge is 0.311 e. The number of ether oxygens (including phenoxy) is 2. The van der Waals surface area contributed by atoms with E-state index in [2.05, 4.69) is 6.92 Å². The summed E-state index contributed by atoms with van der Waals surface area (Å²) in [6, 6.07) is 5.43. The third-order valence-corrected chi connectivity index (χ3v) is 4.32. The number of hydrogen-bond acceptors (Lipinski definition) is 6. The minimum Gasteiger partial charge on any atom is -0.463 e. The van der Waals surface area contributed by atoms with Crippen molar-refractivity contribution in [1.82, 2.24) is 0 Å². The van der Waals surface area contributed by atoms with Crippen molar-refractivity contribution in [2.24, 2.45) is 0 Å². The Morgan fingerprint density at radius 3 is 2.43 bits per heavy atom. The predicted octanol–water partition coefficient (Wildman–Crippen LogP) is 5.35. The molecule has 0 amide bonds. The molecule has 28 heavy (non-hydrogen) atoms.